The lowest BCUT2D eigenvalue weighted by Gasteiger charge is -2.32. The van der Waals surface area contributed by atoms with Gasteiger partial charge in [0.2, 0.25) is 0 Å². The summed E-state index contributed by atoms with van der Waals surface area (Å²) in [6.07, 6.45) is -3.35. The first kappa shape index (κ1) is 20.4. The van der Waals surface area contributed by atoms with Gasteiger partial charge in [-0.05, 0) is 36.3 Å². The van der Waals surface area contributed by atoms with Crippen molar-refractivity contribution in [3.63, 3.8) is 0 Å². The Bertz CT molecular complexity index is 580. The van der Waals surface area contributed by atoms with Gasteiger partial charge in [0.1, 0.15) is 11.6 Å². The van der Waals surface area contributed by atoms with Crippen LogP contribution >= 0.6 is 12.2 Å². The molecule has 7 heteroatoms. The van der Waals surface area contributed by atoms with Gasteiger partial charge in [-0.2, -0.15) is 13.2 Å². The van der Waals surface area contributed by atoms with E-state index < -0.39 is 18.4 Å². The van der Waals surface area contributed by atoms with Gasteiger partial charge in [-0.1, -0.05) is 25.4 Å². The maximum Gasteiger partial charge on any atom is 0.392 e. The molecule has 0 amide bonds. The van der Waals surface area contributed by atoms with Crippen molar-refractivity contribution in [2.24, 2.45) is 0 Å². The predicted molar refractivity (Wildman–Crippen MR) is 91.3 cm³/mol. The number of rotatable bonds is 6. The largest absolute Gasteiger partial charge is 0.496 e. The van der Waals surface area contributed by atoms with Crippen molar-refractivity contribution in [2.45, 2.75) is 32.4 Å². The smallest absolute Gasteiger partial charge is 0.392 e. The number of nitrogens with zero attached hydrogens (tertiary/aromatic N) is 1. The number of hydrogen-bond donors (Lipinski definition) is 0. The zero-order valence-corrected chi connectivity index (χ0v) is 14.6. The second-order valence-corrected chi connectivity index (χ2v) is 6.05. The van der Waals surface area contributed by atoms with Crippen LogP contribution in [0.25, 0.3) is 0 Å². The molecule has 1 aliphatic rings. The van der Waals surface area contributed by atoms with Crippen molar-refractivity contribution in [3.8, 4) is 0 Å². The molecule has 1 aliphatic heterocycles. The molecule has 0 aromatic rings. The lowest BCUT2D eigenvalue weighted by molar-refractivity contribution is -0.125. The molecule has 0 bridgehead atoms. The van der Waals surface area contributed by atoms with Crippen LogP contribution in [0.3, 0.4) is 0 Å². The van der Waals surface area contributed by atoms with Crippen molar-refractivity contribution >= 4 is 17.1 Å². The van der Waals surface area contributed by atoms with Crippen LogP contribution in [0, 0.1) is 0 Å². The Morgan fingerprint density at radius 2 is 1.83 bits per heavy atom. The van der Waals surface area contributed by atoms with E-state index in [1.165, 1.54) is 7.11 Å². The average Bonchev–Trinajstić information content (AvgIpc) is 2.49. The van der Waals surface area contributed by atoms with E-state index in [2.05, 4.69) is 13.2 Å². The number of methoxy groups -OCH3 is 1. The molecule has 0 saturated carbocycles. The molecule has 1 saturated heterocycles. The van der Waals surface area contributed by atoms with E-state index in [-0.39, 0.29) is 11.3 Å². The predicted octanol–water partition coefficient (Wildman–Crippen LogP) is 5.25. The van der Waals surface area contributed by atoms with Crippen LogP contribution in [0.5, 0.6) is 0 Å². The number of halogens is 4. The molecule has 2 nitrogen and oxygen atoms in total. The number of alkyl halides is 3. The molecule has 1 heterocycles. The highest BCUT2D eigenvalue weighted by Gasteiger charge is 2.27. The van der Waals surface area contributed by atoms with Crippen LogP contribution in [-0.2, 0) is 4.74 Å². The quantitative estimate of drug-likeness (QED) is 0.277. The summed E-state index contributed by atoms with van der Waals surface area (Å²) in [7, 11) is 1.19. The first-order valence-corrected chi connectivity index (χ1v) is 7.80. The van der Waals surface area contributed by atoms with Gasteiger partial charge < -0.3 is 9.64 Å². The van der Waals surface area contributed by atoms with E-state index in [9.17, 15) is 17.6 Å². The Hall–Kier alpha value is -1.63. The first-order valence-electron chi connectivity index (χ1n) is 7.39. The average molecular weight is 363 g/mol. The minimum atomic E-state index is -4.40. The normalized spacial score (nSPS) is 17.5. The minimum Gasteiger partial charge on any atom is -0.496 e. The third kappa shape index (κ3) is 5.78. The van der Waals surface area contributed by atoms with Gasteiger partial charge in [-0.25, -0.2) is 4.39 Å². The van der Waals surface area contributed by atoms with Crippen LogP contribution < -0.4 is 0 Å². The summed E-state index contributed by atoms with van der Waals surface area (Å²) in [4.78, 5) is 2.91. The fourth-order valence-electron chi connectivity index (χ4n) is 2.43. The molecule has 0 N–H and O–H groups in total. The van der Waals surface area contributed by atoms with Crippen molar-refractivity contribution < 1.29 is 22.3 Å². The Morgan fingerprint density at radius 3 is 2.25 bits per heavy atom. The summed E-state index contributed by atoms with van der Waals surface area (Å²) in [6.45, 7) is 10.1. The zero-order chi connectivity index (χ0) is 18.5. The molecule has 0 radical (unpaired) electrons. The van der Waals surface area contributed by atoms with E-state index in [1.807, 2.05) is 4.90 Å². The molecule has 0 unspecified atom stereocenters. The molecule has 0 spiro atoms. The van der Waals surface area contributed by atoms with E-state index in [0.717, 1.165) is 23.8 Å². The number of hydrogen-bond acceptors (Lipinski definition) is 3. The van der Waals surface area contributed by atoms with Gasteiger partial charge >= 0.3 is 6.18 Å². The number of likely N-dealkylation sites (tertiary alicyclic amines) is 1. The second kappa shape index (κ2) is 8.46. The molecule has 1 fully saturated rings. The lowest BCUT2D eigenvalue weighted by atomic mass is 10.0. The number of thiocarbonyl (C=S) groups is 1. The molecule has 1 rings (SSSR count). The van der Waals surface area contributed by atoms with Crippen LogP contribution in [0.2, 0.25) is 0 Å². The lowest BCUT2D eigenvalue weighted by Crippen LogP contribution is -2.32. The fraction of sp³-hybridized carbons (Fsp3) is 0.471. The molecular weight excluding hydrogens is 342 g/mol. The first-order chi connectivity index (χ1) is 11.1. The molecule has 0 aromatic heterocycles. The van der Waals surface area contributed by atoms with Gasteiger partial charge in [0.15, 0.2) is 0 Å². The highest BCUT2D eigenvalue weighted by Crippen LogP contribution is 2.31. The Morgan fingerprint density at radius 1 is 1.29 bits per heavy atom. The molecule has 0 aromatic carbocycles. The Labute approximate surface area is 145 Å². The summed E-state index contributed by atoms with van der Waals surface area (Å²) < 4.78 is 56.2. The van der Waals surface area contributed by atoms with Gasteiger partial charge in [0.25, 0.3) is 0 Å². The number of piperidine rings is 1. The SMILES string of the molecule is C=C(F)C(=C(/C)C(=C)N1CCC(=S)CC1)/C(=C\CC(F)(F)F)OC. The number of allylic oxidation sites excluding steroid dienone is 3. The van der Waals surface area contributed by atoms with E-state index in [1.54, 1.807) is 6.92 Å². The monoisotopic (exact) mass is 363 g/mol. The van der Waals surface area contributed by atoms with Gasteiger partial charge in [0.05, 0.1) is 19.1 Å². The van der Waals surface area contributed by atoms with E-state index in [0.29, 0.717) is 24.4 Å². The van der Waals surface area contributed by atoms with Crippen molar-refractivity contribution in [1.29, 1.82) is 0 Å². The van der Waals surface area contributed by atoms with Gasteiger partial charge in [0, 0.05) is 18.8 Å². The van der Waals surface area contributed by atoms with Crippen molar-refractivity contribution in [3.05, 3.63) is 47.7 Å². The second-order valence-electron chi connectivity index (χ2n) is 5.47. The third-order valence-electron chi connectivity index (χ3n) is 3.77. The summed E-state index contributed by atoms with van der Waals surface area (Å²) in [5, 5.41) is 0. The third-order valence-corrected chi connectivity index (χ3v) is 4.18. The van der Waals surface area contributed by atoms with Crippen LogP contribution in [-0.4, -0.2) is 36.1 Å². The van der Waals surface area contributed by atoms with Gasteiger partial charge in [-0.3, -0.25) is 0 Å². The Balaban J connectivity index is 3.14. The van der Waals surface area contributed by atoms with Crippen molar-refractivity contribution in [1.82, 2.24) is 4.90 Å². The summed E-state index contributed by atoms with van der Waals surface area (Å²) in [6, 6.07) is 0. The summed E-state index contributed by atoms with van der Waals surface area (Å²) >= 11 is 5.16. The molecule has 0 atom stereocenters. The maximum absolute atomic E-state index is 13.9. The van der Waals surface area contributed by atoms with E-state index in [4.69, 9.17) is 17.0 Å². The zero-order valence-electron chi connectivity index (χ0n) is 13.8. The standard InChI is InChI=1S/C17H21F4NOS/c1-11(13(3)22-9-6-14(24)7-10-22)16(12(2)18)15(23-4)5-8-17(19,20)21/h5H,2-3,6-10H2,1,4H3/b15-5+,16-11+. The number of ether oxygens (including phenoxy) is 1. The highest BCUT2D eigenvalue weighted by molar-refractivity contribution is 7.80. The minimum absolute atomic E-state index is 0.0973. The summed E-state index contributed by atoms with van der Waals surface area (Å²) in [5.41, 5.74) is 0.826. The van der Waals surface area contributed by atoms with Crippen LogP contribution in [0.15, 0.2) is 47.7 Å². The fourth-order valence-corrected chi connectivity index (χ4v) is 2.61. The Kier molecular flexibility index (Phi) is 7.20. The van der Waals surface area contributed by atoms with Crippen molar-refractivity contribution in [2.75, 3.05) is 20.2 Å². The van der Waals surface area contributed by atoms with Gasteiger partial charge in [-0.15, -0.1) is 0 Å². The highest BCUT2D eigenvalue weighted by atomic mass is 32.1. The molecule has 24 heavy (non-hydrogen) atoms. The maximum atomic E-state index is 13.9. The van der Waals surface area contributed by atoms with Crippen LogP contribution in [0.4, 0.5) is 17.6 Å². The molecule has 0 aliphatic carbocycles. The van der Waals surface area contributed by atoms with Crippen LogP contribution in [0.1, 0.15) is 26.2 Å². The molecular formula is C17H21F4NOS. The van der Waals surface area contributed by atoms with E-state index >= 15 is 0 Å². The topological polar surface area (TPSA) is 12.5 Å². The summed E-state index contributed by atoms with van der Waals surface area (Å²) in [5.74, 6) is -1.07. The molecule has 134 valence electrons.